The van der Waals surface area contributed by atoms with Crippen molar-refractivity contribution in [2.45, 2.75) is 20.3 Å². The summed E-state index contributed by atoms with van der Waals surface area (Å²) in [5.41, 5.74) is 10.3. The molecule has 0 amide bonds. The van der Waals surface area contributed by atoms with Crippen LogP contribution in [0, 0.1) is 6.92 Å². The number of aryl methyl sites for hydroxylation is 1. The predicted molar refractivity (Wildman–Crippen MR) is 67.2 cm³/mol. The summed E-state index contributed by atoms with van der Waals surface area (Å²) in [4.78, 5) is 4.38. The third-order valence-electron chi connectivity index (χ3n) is 3.05. The molecular formula is C13H17N3. The Hall–Kier alpha value is -1.77. The highest BCUT2D eigenvalue weighted by atomic mass is 15.1. The van der Waals surface area contributed by atoms with Gasteiger partial charge in [-0.05, 0) is 18.9 Å². The molecule has 0 aliphatic rings. The second kappa shape index (κ2) is 4.00. The number of nitrogen functional groups attached to an aromatic ring is 1. The zero-order valence-corrected chi connectivity index (χ0v) is 9.99. The molecule has 16 heavy (non-hydrogen) atoms. The molecule has 0 bridgehead atoms. The number of hydrogen-bond donors (Lipinski definition) is 1. The Balaban J connectivity index is 2.46. The Morgan fingerprint density at radius 1 is 1.25 bits per heavy atom. The van der Waals surface area contributed by atoms with Gasteiger partial charge in [0.2, 0.25) is 5.95 Å². The molecule has 2 aromatic rings. The summed E-state index contributed by atoms with van der Waals surface area (Å²) in [7, 11) is 1.93. The fourth-order valence-electron chi connectivity index (χ4n) is 1.77. The summed E-state index contributed by atoms with van der Waals surface area (Å²) in [6, 6.07) is 8.49. The predicted octanol–water partition coefficient (Wildman–Crippen LogP) is 2.54. The van der Waals surface area contributed by atoms with Crippen molar-refractivity contribution in [2.24, 2.45) is 7.05 Å². The van der Waals surface area contributed by atoms with Gasteiger partial charge in [-0.15, -0.1) is 0 Å². The summed E-state index contributed by atoms with van der Waals surface area (Å²) >= 11 is 0. The van der Waals surface area contributed by atoms with E-state index in [1.54, 1.807) is 0 Å². The number of imidazole rings is 1. The van der Waals surface area contributed by atoms with Gasteiger partial charge in [0.05, 0.1) is 5.69 Å². The van der Waals surface area contributed by atoms with Crippen molar-refractivity contribution in [2.75, 3.05) is 5.73 Å². The molecule has 3 heteroatoms. The van der Waals surface area contributed by atoms with Gasteiger partial charge >= 0.3 is 0 Å². The van der Waals surface area contributed by atoms with Crippen molar-refractivity contribution in [1.29, 1.82) is 0 Å². The van der Waals surface area contributed by atoms with Gasteiger partial charge in [-0.2, -0.15) is 0 Å². The highest BCUT2D eigenvalue weighted by Gasteiger charge is 2.10. The molecule has 0 atom stereocenters. The van der Waals surface area contributed by atoms with E-state index in [0.29, 0.717) is 5.95 Å². The maximum absolute atomic E-state index is 5.79. The summed E-state index contributed by atoms with van der Waals surface area (Å²) in [6.45, 7) is 4.19. The standard InChI is InChI=1S/C13H17N3/c1-4-10-5-7-11(8-6-10)12-9(2)16(3)13(14)15-12/h5-8H,4H2,1-3H3,(H2,14,15). The SMILES string of the molecule is CCc1ccc(-c2nc(N)n(C)c2C)cc1. The van der Waals surface area contributed by atoms with Crippen LogP contribution in [0.15, 0.2) is 24.3 Å². The number of benzene rings is 1. The van der Waals surface area contributed by atoms with Crippen LogP contribution in [-0.4, -0.2) is 9.55 Å². The van der Waals surface area contributed by atoms with E-state index in [0.717, 1.165) is 23.4 Å². The third-order valence-corrected chi connectivity index (χ3v) is 3.05. The van der Waals surface area contributed by atoms with Crippen molar-refractivity contribution >= 4 is 5.95 Å². The second-order valence-corrected chi connectivity index (χ2v) is 4.01. The lowest BCUT2D eigenvalue weighted by Gasteiger charge is -2.01. The zero-order valence-electron chi connectivity index (χ0n) is 9.99. The van der Waals surface area contributed by atoms with Crippen LogP contribution in [0.2, 0.25) is 0 Å². The Labute approximate surface area is 95.9 Å². The number of anilines is 1. The van der Waals surface area contributed by atoms with Crippen molar-refractivity contribution < 1.29 is 0 Å². The molecule has 1 heterocycles. The lowest BCUT2D eigenvalue weighted by Crippen LogP contribution is -1.97. The smallest absolute Gasteiger partial charge is 0.200 e. The first-order valence-electron chi connectivity index (χ1n) is 5.51. The molecule has 1 aromatic heterocycles. The van der Waals surface area contributed by atoms with E-state index < -0.39 is 0 Å². The quantitative estimate of drug-likeness (QED) is 0.836. The normalized spacial score (nSPS) is 10.7. The minimum Gasteiger partial charge on any atom is -0.369 e. The van der Waals surface area contributed by atoms with Crippen LogP contribution >= 0.6 is 0 Å². The summed E-state index contributed by atoms with van der Waals surface area (Å²) in [5.74, 6) is 0.562. The minimum atomic E-state index is 0.562. The number of nitrogens with zero attached hydrogens (tertiary/aromatic N) is 2. The molecule has 0 fully saturated rings. The van der Waals surface area contributed by atoms with Gasteiger partial charge in [-0.1, -0.05) is 31.2 Å². The monoisotopic (exact) mass is 215 g/mol. The van der Waals surface area contributed by atoms with Gasteiger partial charge in [0, 0.05) is 18.3 Å². The molecule has 2 rings (SSSR count). The van der Waals surface area contributed by atoms with Crippen LogP contribution in [0.4, 0.5) is 5.95 Å². The molecule has 0 radical (unpaired) electrons. The van der Waals surface area contributed by atoms with Crippen LogP contribution in [0.3, 0.4) is 0 Å². The van der Waals surface area contributed by atoms with Gasteiger partial charge in [0.1, 0.15) is 0 Å². The summed E-state index contributed by atoms with van der Waals surface area (Å²) < 4.78 is 1.91. The van der Waals surface area contributed by atoms with Crippen molar-refractivity contribution in [1.82, 2.24) is 9.55 Å². The maximum Gasteiger partial charge on any atom is 0.200 e. The lowest BCUT2D eigenvalue weighted by atomic mass is 10.1. The number of rotatable bonds is 2. The molecule has 0 aliphatic carbocycles. The van der Waals surface area contributed by atoms with E-state index in [1.165, 1.54) is 5.56 Å². The zero-order chi connectivity index (χ0) is 11.7. The fraction of sp³-hybridized carbons (Fsp3) is 0.308. The fourth-order valence-corrected chi connectivity index (χ4v) is 1.77. The molecule has 0 aliphatic heterocycles. The lowest BCUT2D eigenvalue weighted by molar-refractivity contribution is 0.889. The van der Waals surface area contributed by atoms with E-state index in [-0.39, 0.29) is 0 Å². The van der Waals surface area contributed by atoms with E-state index in [2.05, 4.69) is 36.2 Å². The van der Waals surface area contributed by atoms with Gasteiger partial charge in [-0.25, -0.2) is 4.98 Å². The Kier molecular flexibility index (Phi) is 2.69. The highest BCUT2D eigenvalue weighted by Crippen LogP contribution is 2.24. The molecular weight excluding hydrogens is 198 g/mol. The van der Waals surface area contributed by atoms with E-state index >= 15 is 0 Å². The second-order valence-electron chi connectivity index (χ2n) is 4.01. The third kappa shape index (κ3) is 1.69. The molecule has 84 valence electrons. The Morgan fingerprint density at radius 2 is 1.88 bits per heavy atom. The minimum absolute atomic E-state index is 0.562. The van der Waals surface area contributed by atoms with Crippen molar-refractivity contribution in [3.8, 4) is 11.3 Å². The number of nitrogens with two attached hydrogens (primary N) is 1. The highest BCUT2D eigenvalue weighted by molar-refractivity contribution is 5.64. The molecule has 2 N–H and O–H groups in total. The van der Waals surface area contributed by atoms with Crippen LogP contribution < -0.4 is 5.73 Å². The molecule has 0 unspecified atom stereocenters. The van der Waals surface area contributed by atoms with Crippen LogP contribution in [0.25, 0.3) is 11.3 Å². The number of hydrogen-bond acceptors (Lipinski definition) is 2. The maximum atomic E-state index is 5.79. The average Bonchev–Trinajstić information content (AvgIpc) is 2.57. The van der Waals surface area contributed by atoms with Gasteiger partial charge in [0.15, 0.2) is 0 Å². The summed E-state index contributed by atoms with van der Waals surface area (Å²) in [6.07, 6.45) is 1.06. The molecule has 0 spiro atoms. The topological polar surface area (TPSA) is 43.8 Å². The first-order valence-corrected chi connectivity index (χ1v) is 5.51. The van der Waals surface area contributed by atoms with Gasteiger partial charge in [-0.3, -0.25) is 0 Å². The first-order chi connectivity index (χ1) is 7.63. The largest absolute Gasteiger partial charge is 0.369 e. The van der Waals surface area contributed by atoms with E-state index in [4.69, 9.17) is 5.73 Å². The Morgan fingerprint density at radius 3 is 2.31 bits per heavy atom. The average molecular weight is 215 g/mol. The van der Waals surface area contributed by atoms with E-state index in [1.807, 2.05) is 18.5 Å². The van der Waals surface area contributed by atoms with E-state index in [9.17, 15) is 0 Å². The summed E-state index contributed by atoms with van der Waals surface area (Å²) in [5, 5.41) is 0. The molecule has 0 saturated carbocycles. The first kappa shape index (κ1) is 10.7. The van der Waals surface area contributed by atoms with Gasteiger partial charge in [0.25, 0.3) is 0 Å². The molecule has 3 nitrogen and oxygen atoms in total. The molecule has 0 saturated heterocycles. The number of aromatic nitrogens is 2. The van der Waals surface area contributed by atoms with Crippen LogP contribution in [-0.2, 0) is 13.5 Å². The van der Waals surface area contributed by atoms with Crippen molar-refractivity contribution in [3.05, 3.63) is 35.5 Å². The van der Waals surface area contributed by atoms with Gasteiger partial charge < -0.3 is 10.3 Å². The Bertz CT molecular complexity index is 495. The molecule has 1 aromatic carbocycles. The van der Waals surface area contributed by atoms with Crippen molar-refractivity contribution in [3.63, 3.8) is 0 Å². The van der Waals surface area contributed by atoms with Crippen LogP contribution in [0.5, 0.6) is 0 Å². The van der Waals surface area contributed by atoms with Crippen LogP contribution in [0.1, 0.15) is 18.2 Å².